The number of nitrogens with one attached hydrogen (secondary N) is 1. The van der Waals surface area contributed by atoms with E-state index in [2.05, 4.69) is 42.8 Å². The van der Waals surface area contributed by atoms with Crippen LogP contribution in [-0.2, 0) is 0 Å². The number of benzene rings is 1. The minimum absolute atomic E-state index is 1.05. The van der Waals surface area contributed by atoms with Crippen molar-refractivity contribution in [3.05, 3.63) is 29.8 Å². The molecule has 0 fully saturated rings. The Hall–Kier alpha value is -0.630. The summed E-state index contributed by atoms with van der Waals surface area (Å²) in [4.78, 5) is 0. The van der Waals surface area contributed by atoms with E-state index in [0.717, 1.165) is 12.3 Å². The van der Waals surface area contributed by atoms with Crippen molar-refractivity contribution in [2.45, 2.75) is 6.92 Å². The van der Waals surface area contributed by atoms with Crippen molar-refractivity contribution < 1.29 is 0 Å². The lowest BCUT2D eigenvalue weighted by Gasteiger charge is -2.05. The van der Waals surface area contributed by atoms with E-state index in [9.17, 15) is 0 Å². The summed E-state index contributed by atoms with van der Waals surface area (Å²) in [6.45, 7) is 3.16. The fourth-order valence-corrected chi connectivity index (χ4v) is 1.36. The molecule has 1 aromatic rings. The van der Waals surface area contributed by atoms with E-state index in [-0.39, 0.29) is 0 Å². The molecule has 2 heteroatoms. The molecular formula is C10H15NS. The molecule has 0 aliphatic rings. The Kier molecular flexibility index (Phi) is 4.01. The topological polar surface area (TPSA) is 12.0 Å². The summed E-state index contributed by atoms with van der Waals surface area (Å²) in [6, 6.07) is 8.46. The molecule has 1 nitrogen and oxygen atoms in total. The van der Waals surface area contributed by atoms with Crippen molar-refractivity contribution in [3.8, 4) is 0 Å². The van der Waals surface area contributed by atoms with Gasteiger partial charge in [-0.2, -0.15) is 11.8 Å². The van der Waals surface area contributed by atoms with Crippen LogP contribution in [0.5, 0.6) is 0 Å². The number of rotatable bonds is 4. The molecule has 0 unspecified atom stereocenters. The van der Waals surface area contributed by atoms with Gasteiger partial charge in [0.05, 0.1) is 0 Å². The summed E-state index contributed by atoms with van der Waals surface area (Å²) in [5.74, 6) is 1.16. The van der Waals surface area contributed by atoms with Crippen molar-refractivity contribution in [3.63, 3.8) is 0 Å². The molecule has 1 N–H and O–H groups in total. The van der Waals surface area contributed by atoms with Crippen LogP contribution in [0.15, 0.2) is 24.3 Å². The Balaban J connectivity index is 2.41. The molecule has 0 aliphatic carbocycles. The van der Waals surface area contributed by atoms with Gasteiger partial charge in [-0.1, -0.05) is 12.1 Å². The maximum Gasteiger partial charge on any atom is 0.0343 e. The maximum absolute atomic E-state index is 3.37. The Labute approximate surface area is 78.6 Å². The zero-order valence-electron chi connectivity index (χ0n) is 7.63. The van der Waals surface area contributed by atoms with Crippen LogP contribution in [0.1, 0.15) is 5.56 Å². The van der Waals surface area contributed by atoms with Gasteiger partial charge in [0, 0.05) is 18.0 Å². The van der Waals surface area contributed by atoms with Crippen molar-refractivity contribution in [1.29, 1.82) is 0 Å². The maximum atomic E-state index is 3.37. The second-order valence-electron chi connectivity index (χ2n) is 2.79. The lowest BCUT2D eigenvalue weighted by Crippen LogP contribution is -2.03. The van der Waals surface area contributed by atoms with Crippen LogP contribution in [0.25, 0.3) is 0 Å². The highest BCUT2D eigenvalue weighted by atomic mass is 32.2. The highest BCUT2D eigenvalue weighted by molar-refractivity contribution is 7.98. The average Bonchev–Trinajstić information content (AvgIpc) is 2.05. The van der Waals surface area contributed by atoms with E-state index in [1.807, 2.05) is 11.8 Å². The molecule has 0 radical (unpaired) electrons. The first-order valence-corrected chi connectivity index (χ1v) is 5.52. The summed E-state index contributed by atoms with van der Waals surface area (Å²) in [6.07, 6.45) is 2.12. The summed E-state index contributed by atoms with van der Waals surface area (Å²) in [7, 11) is 0. The largest absolute Gasteiger partial charge is 0.384 e. The molecule has 0 spiro atoms. The van der Waals surface area contributed by atoms with Gasteiger partial charge in [-0.15, -0.1) is 0 Å². The van der Waals surface area contributed by atoms with Crippen LogP contribution in [-0.4, -0.2) is 18.6 Å². The zero-order valence-corrected chi connectivity index (χ0v) is 8.45. The van der Waals surface area contributed by atoms with Gasteiger partial charge in [-0.05, 0) is 30.9 Å². The van der Waals surface area contributed by atoms with E-state index >= 15 is 0 Å². The molecule has 0 amide bonds. The van der Waals surface area contributed by atoms with Crippen LogP contribution in [0, 0.1) is 6.92 Å². The van der Waals surface area contributed by atoms with Gasteiger partial charge in [0.25, 0.3) is 0 Å². The van der Waals surface area contributed by atoms with Gasteiger partial charge >= 0.3 is 0 Å². The van der Waals surface area contributed by atoms with Crippen LogP contribution in [0.2, 0.25) is 0 Å². The third-order valence-electron chi connectivity index (χ3n) is 1.65. The minimum atomic E-state index is 1.05. The summed E-state index contributed by atoms with van der Waals surface area (Å²) >= 11 is 1.86. The van der Waals surface area contributed by atoms with Crippen LogP contribution in [0.3, 0.4) is 0 Å². The summed E-state index contributed by atoms with van der Waals surface area (Å²) in [5, 5.41) is 3.37. The third-order valence-corrected chi connectivity index (χ3v) is 2.27. The second kappa shape index (κ2) is 5.09. The van der Waals surface area contributed by atoms with Gasteiger partial charge in [-0.3, -0.25) is 0 Å². The standard InChI is InChI=1S/C10H15NS/c1-9-4-3-5-10(8-9)11-6-7-12-2/h3-5,8,11H,6-7H2,1-2H3. The molecule has 0 heterocycles. The predicted molar refractivity (Wildman–Crippen MR) is 58.1 cm³/mol. The quantitative estimate of drug-likeness (QED) is 0.717. The Morgan fingerprint density at radius 3 is 2.92 bits per heavy atom. The molecule has 1 aromatic carbocycles. The van der Waals surface area contributed by atoms with E-state index in [1.54, 1.807) is 0 Å². The number of aryl methyl sites for hydroxylation is 1. The monoisotopic (exact) mass is 181 g/mol. The normalized spacial score (nSPS) is 9.83. The van der Waals surface area contributed by atoms with E-state index in [1.165, 1.54) is 11.3 Å². The van der Waals surface area contributed by atoms with Crippen LogP contribution in [0.4, 0.5) is 5.69 Å². The van der Waals surface area contributed by atoms with Crippen LogP contribution >= 0.6 is 11.8 Å². The molecule has 66 valence electrons. The van der Waals surface area contributed by atoms with Gasteiger partial charge < -0.3 is 5.32 Å². The number of anilines is 1. The van der Waals surface area contributed by atoms with Crippen molar-refractivity contribution in [2.75, 3.05) is 23.9 Å². The van der Waals surface area contributed by atoms with Crippen molar-refractivity contribution >= 4 is 17.4 Å². The third kappa shape index (κ3) is 3.18. The SMILES string of the molecule is CSCCNc1cccc(C)c1. The van der Waals surface area contributed by atoms with Gasteiger partial charge in [-0.25, -0.2) is 0 Å². The number of hydrogen-bond donors (Lipinski definition) is 1. The lowest BCUT2D eigenvalue weighted by atomic mass is 10.2. The highest BCUT2D eigenvalue weighted by Crippen LogP contribution is 2.09. The molecular weight excluding hydrogens is 166 g/mol. The highest BCUT2D eigenvalue weighted by Gasteiger charge is 1.90. The fraction of sp³-hybridized carbons (Fsp3) is 0.400. The van der Waals surface area contributed by atoms with Crippen molar-refractivity contribution in [1.82, 2.24) is 0 Å². The van der Waals surface area contributed by atoms with E-state index < -0.39 is 0 Å². The molecule has 12 heavy (non-hydrogen) atoms. The fourth-order valence-electron chi connectivity index (χ4n) is 1.05. The Bertz CT molecular complexity index is 235. The first-order chi connectivity index (χ1) is 5.83. The average molecular weight is 181 g/mol. The van der Waals surface area contributed by atoms with Gasteiger partial charge in [0.1, 0.15) is 0 Å². The molecule has 0 aliphatic heterocycles. The molecule has 0 bridgehead atoms. The van der Waals surface area contributed by atoms with Crippen molar-refractivity contribution in [2.24, 2.45) is 0 Å². The molecule has 0 saturated heterocycles. The lowest BCUT2D eigenvalue weighted by molar-refractivity contribution is 1.23. The summed E-state index contributed by atoms with van der Waals surface area (Å²) < 4.78 is 0. The second-order valence-corrected chi connectivity index (χ2v) is 3.77. The Morgan fingerprint density at radius 1 is 1.42 bits per heavy atom. The smallest absolute Gasteiger partial charge is 0.0343 e. The first-order valence-electron chi connectivity index (χ1n) is 4.12. The molecule has 0 aromatic heterocycles. The molecule has 1 rings (SSSR count). The molecule has 0 atom stereocenters. The van der Waals surface area contributed by atoms with E-state index in [0.29, 0.717) is 0 Å². The molecule has 0 saturated carbocycles. The number of thioether (sulfide) groups is 1. The van der Waals surface area contributed by atoms with Gasteiger partial charge in [0.2, 0.25) is 0 Å². The minimum Gasteiger partial charge on any atom is -0.384 e. The predicted octanol–water partition coefficient (Wildman–Crippen LogP) is 2.77. The van der Waals surface area contributed by atoms with Gasteiger partial charge in [0.15, 0.2) is 0 Å². The number of hydrogen-bond acceptors (Lipinski definition) is 2. The first kappa shape index (κ1) is 9.46. The summed E-state index contributed by atoms with van der Waals surface area (Å²) in [5.41, 5.74) is 2.54. The van der Waals surface area contributed by atoms with Crippen LogP contribution < -0.4 is 5.32 Å². The van der Waals surface area contributed by atoms with E-state index in [4.69, 9.17) is 0 Å². The Morgan fingerprint density at radius 2 is 2.25 bits per heavy atom. The zero-order chi connectivity index (χ0) is 8.81.